The minimum Gasteiger partial charge on any atom is -0.313 e. The molecule has 106 valence electrons. The molecule has 0 spiro atoms. The Bertz CT molecular complexity index is 590. The van der Waals surface area contributed by atoms with Gasteiger partial charge in [-0.25, -0.2) is 0 Å². The lowest BCUT2D eigenvalue weighted by molar-refractivity contribution is 0.675. The molecule has 2 aromatic carbocycles. The SMILES string of the molecule is CCCNCc1ccc(C)c(-c2ccc(C)c(Cl)c2)c1. The predicted molar refractivity (Wildman–Crippen MR) is 88.4 cm³/mol. The van der Waals surface area contributed by atoms with Crippen molar-refractivity contribution in [1.82, 2.24) is 5.32 Å². The molecular formula is C18H22ClN. The summed E-state index contributed by atoms with van der Waals surface area (Å²) in [5.74, 6) is 0. The zero-order valence-electron chi connectivity index (χ0n) is 12.5. The monoisotopic (exact) mass is 287 g/mol. The summed E-state index contributed by atoms with van der Waals surface area (Å²) in [5, 5.41) is 4.27. The van der Waals surface area contributed by atoms with Gasteiger partial charge < -0.3 is 5.32 Å². The molecule has 2 rings (SSSR count). The maximum absolute atomic E-state index is 6.25. The Morgan fingerprint density at radius 2 is 1.75 bits per heavy atom. The van der Waals surface area contributed by atoms with E-state index in [1.807, 2.05) is 6.92 Å². The summed E-state index contributed by atoms with van der Waals surface area (Å²) in [5.41, 5.74) is 6.17. The summed E-state index contributed by atoms with van der Waals surface area (Å²) in [4.78, 5) is 0. The molecule has 1 nitrogen and oxygen atoms in total. The van der Waals surface area contributed by atoms with Gasteiger partial charge in [-0.1, -0.05) is 42.8 Å². The van der Waals surface area contributed by atoms with Gasteiger partial charge in [-0.15, -0.1) is 0 Å². The summed E-state index contributed by atoms with van der Waals surface area (Å²) in [6.07, 6.45) is 1.16. The molecule has 0 amide bonds. The summed E-state index contributed by atoms with van der Waals surface area (Å²) in [6, 6.07) is 12.9. The Labute approximate surface area is 127 Å². The van der Waals surface area contributed by atoms with Crippen molar-refractivity contribution in [2.24, 2.45) is 0 Å². The van der Waals surface area contributed by atoms with E-state index in [9.17, 15) is 0 Å². The maximum Gasteiger partial charge on any atom is 0.0441 e. The van der Waals surface area contributed by atoms with Gasteiger partial charge in [0.15, 0.2) is 0 Å². The van der Waals surface area contributed by atoms with E-state index in [-0.39, 0.29) is 0 Å². The molecule has 0 radical (unpaired) electrons. The highest BCUT2D eigenvalue weighted by Crippen LogP contribution is 2.28. The van der Waals surface area contributed by atoms with Crippen LogP contribution in [0.5, 0.6) is 0 Å². The van der Waals surface area contributed by atoms with Gasteiger partial charge >= 0.3 is 0 Å². The standard InChI is InChI=1S/C18H22ClN/c1-4-9-20-12-15-7-5-13(2)17(10-15)16-8-6-14(3)18(19)11-16/h5-8,10-11,20H,4,9,12H2,1-3H3. The maximum atomic E-state index is 6.25. The zero-order chi connectivity index (χ0) is 14.5. The quantitative estimate of drug-likeness (QED) is 0.752. The van der Waals surface area contributed by atoms with E-state index in [0.717, 1.165) is 30.1 Å². The molecule has 0 aliphatic carbocycles. The molecule has 0 fully saturated rings. The molecule has 2 heteroatoms. The number of nitrogens with one attached hydrogen (secondary N) is 1. The van der Waals surface area contributed by atoms with Crippen LogP contribution in [0.2, 0.25) is 5.02 Å². The van der Waals surface area contributed by atoms with Crippen molar-refractivity contribution < 1.29 is 0 Å². The van der Waals surface area contributed by atoms with Crippen molar-refractivity contribution in [2.45, 2.75) is 33.7 Å². The largest absolute Gasteiger partial charge is 0.313 e. The average Bonchev–Trinajstić information content (AvgIpc) is 2.44. The van der Waals surface area contributed by atoms with Crippen LogP contribution in [0.15, 0.2) is 36.4 Å². The van der Waals surface area contributed by atoms with Crippen LogP contribution in [0.25, 0.3) is 11.1 Å². The predicted octanol–water partition coefficient (Wildman–Crippen LogP) is 5.12. The van der Waals surface area contributed by atoms with Gasteiger partial charge in [-0.2, -0.15) is 0 Å². The first kappa shape index (κ1) is 15.1. The van der Waals surface area contributed by atoms with Crippen LogP contribution in [0.4, 0.5) is 0 Å². The first-order valence-corrected chi connectivity index (χ1v) is 7.56. The van der Waals surface area contributed by atoms with Crippen molar-refractivity contribution in [3.05, 3.63) is 58.1 Å². The number of aryl methyl sites for hydroxylation is 2. The van der Waals surface area contributed by atoms with Gasteiger partial charge in [-0.05, 0) is 66.8 Å². The van der Waals surface area contributed by atoms with Crippen LogP contribution in [-0.2, 0) is 6.54 Å². The topological polar surface area (TPSA) is 12.0 Å². The highest BCUT2D eigenvalue weighted by molar-refractivity contribution is 6.31. The number of hydrogen-bond acceptors (Lipinski definition) is 1. The Hall–Kier alpha value is -1.31. The molecule has 0 aliphatic rings. The molecule has 0 unspecified atom stereocenters. The molecule has 20 heavy (non-hydrogen) atoms. The second kappa shape index (κ2) is 6.92. The van der Waals surface area contributed by atoms with E-state index in [4.69, 9.17) is 11.6 Å². The van der Waals surface area contributed by atoms with Crippen LogP contribution in [0.3, 0.4) is 0 Å². The van der Waals surface area contributed by atoms with Crippen LogP contribution >= 0.6 is 11.6 Å². The van der Waals surface area contributed by atoms with Gasteiger partial charge in [0.1, 0.15) is 0 Å². The third-order valence-electron chi connectivity index (χ3n) is 3.54. The van der Waals surface area contributed by atoms with Crippen molar-refractivity contribution in [1.29, 1.82) is 0 Å². The van der Waals surface area contributed by atoms with E-state index >= 15 is 0 Å². The van der Waals surface area contributed by atoms with E-state index in [0.29, 0.717) is 0 Å². The number of hydrogen-bond donors (Lipinski definition) is 1. The minimum atomic E-state index is 0.830. The normalized spacial score (nSPS) is 10.8. The summed E-state index contributed by atoms with van der Waals surface area (Å²) >= 11 is 6.25. The highest BCUT2D eigenvalue weighted by Gasteiger charge is 2.05. The molecule has 2 aromatic rings. The fourth-order valence-electron chi connectivity index (χ4n) is 2.26. The lowest BCUT2D eigenvalue weighted by atomic mass is 9.97. The van der Waals surface area contributed by atoms with Crippen molar-refractivity contribution >= 4 is 11.6 Å². The average molecular weight is 288 g/mol. The van der Waals surface area contributed by atoms with Crippen LogP contribution in [0, 0.1) is 13.8 Å². The number of halogens is 1. The Morgan fingerprint density at radius 3 is 2.45 bits per heavy atom. The fraction of sp³-hybridized carbons (Fsp3) is 0.333. The van der Waals surface area contributed by atoms with Gasteiger partial charge in [0.2, 0.25) is 0 Å². The molecule has 0 atom stereocenters. The molecule has 0 heterocycles. The lowest BCUT2D eigenvalue weighted by Crippen LogP contribution is -2.13. The van der Waals surface area contributed by atoms with Gasteiger partial charge in [-0.3, -0.25) is 0 Å². The summed E-state index contributed by atoms with van der Waals surface area (Å²) < 4.78 is 0. The third-order valence-corrected chi connectivity index (χ3v) is 3.95. The van der Waals surface area contributed by atoms with E-state index in [1.165, 1.54) is 22.3 Å². The molecule has 0 bridgehead atoms. The molecule has 0 aromatic heterocycles. The highest BCUT2D eigenvalue weighted by atomic mass is 35.5. The Balaban J connectivity index is 2.29. The van der Waals surface area contributed by atoms with Crippen molar-refractivity contribution in [3.8, 4) is 11.1 Å². The number of benzene rings is 2. The lowest BCUT2D eigenvalue weighted by Gasteiger charge is -2.11. The van der Waals surface area contributed by atoms with Crippen LogP contribution in [0.1, 0.15) is 30.0 Å². The van der Waals surface area contributed by atoms with Crippen molar-refractivity contribution in [2.75, 3.05) is 6.54 Å². The van der Waals surface area contributed by atoms with E-state index < -0.39 is 0 Å². The van der Waals surface area contributed by atoms with Crippen molar-refractivity contribution in [3.63, 3.8) is 0 Å². The summed E-state index contributed by atoms with van der Waals surface area (Å²) in [6.45, 7) is 8.33. The fourth-order valence-corrected chi connectivity index (χ4v) is 2.44. The van der Waals surface area contributed by atoms with Gasteiger partial charge in [0.25, 0.3) is 0 Å². The second-order valence-corrected chi connectivity index (χ2v) is 5.70. The summed E-state index contributed by atoms with van der Waals surface area (Å²) in [7, 11) is 0. The van der Waals surface area contributed by atoms with Crippen LogP contribution in [-0.4, -0.2) is 6.54 Å². The minimum absolute atomic E-state index is 0.830. The molecule has 0 aliphatic heterocycles. The molecule has 0 saturated heterocycles. The first-order chi connectivity index (χ1) is 9.61. The first-order valence-electron chi connectivity index (χ1n) is 7.18. The van der Waals surface area contributed by atoms with Gasteiger partial charge in [0.05, 0.1) is 0 Å². The van der Waals surface area contributed by atoms with E-state index in [2.05, 4.69) is 55.6 Å². The second-order valence-electron chi connectivity index (χ2n) is 5.29. The van der Waals surface area contributed by atoms with Crippen LogP contribution < -0.4 is 5.32 Å². The number of rotatable bonds is 5. The van der Waals surface area contributed by atoms with E-state index in [1.54, 1.807) is 0 Å². The zero-order valence-corrected chi connectivity index (χ0v) is 13.2. The molecule has 0 saturated carbocycles. The smallest absolute Gasteiger partial charge is 0.0441 e. The third kappa shape index (κ3) is 3.62. The Kier molecular flexibility index (Phi) is 5.22. The molecule has 1 N–H and O–H groups in total. The van der Waals surface area contributed by atoms with Gasteiger partial charge in [0, 0.05) is 11.6 Å². The Morgan fingerprint density at radius 1 is 1.00 bits per heavy atom. The molecular weight excluding hydrogens is 266 g/mol.